The van der Waals surface area contributed by atoms with Gasteiger partial charge in [-0.1, -0.05) is 17.7 Å². The van der Waals surface area contributed by atoms with Gasteiger partial charge in [0.15, 0.2) is 4.96 Å². The van der Waals surface area contributed by atoms with Crippen molar-refractivity contribution in [3.8, 4) is 11.6 Å². The molecule has 4 nitrogen and oxygen atoms in total. The zero-order chi connectivity index (χ0) is 14.1. The Morgan fingerprint density at radius 2 is 2.30 bits per heavy atom. The van der Waals surface area contributed by atoms with Gasteiger partial charge in [0.2, 0.25) is 5.88 Å². The van der Waals surface area contributed by atoms with E-state index in [4.69, 9.17) is 16.3 Å². The van der Waals surface area contributed by atoms with Crippen LogP contribution in [0.2, 0.25) is 5.02 Å². The largest absolute Gasteiger partial charge is 0.436 e. The van der Waals surface area contributed by atoms with Gasteiger partial charge in [-0.15, -0.1) is 11.3 Å². The molecule has 2 aromatic heterocycles. The zero-order valence-corrected chi connectivity index (χ0v) is 12.8. The molecule has 3 aromatic rings. The third-order valence-corrected chi connectivity index (χ3v) is 4.01. The summed E-state index contributed by atoms with van der Waals surface area (Å²) in [5.41, 5.74) is 2.09. The summed E-state index contributed by atoms with van der Waals surface area (Å²) >= 11 is 7.79. The van der Waals surface area contributed by atoms with E-state index in [1.807, 2.05) is 48.1 Å². The molecule has 6 heteroatoms. The van der Waals surface area contributed by atoms with Crippen molar-refractivity contribution in [3.05, 3.63) is 46.1 Å². The number of halogens is 1. The van der Waals surface area contributed by atoms with Crippen LogP contribution in [0, 0.1) is 6.92 Å². The van der Waals surface area contributed by atoms with E-state index in [9.17, 15) is 0 Å². The second-order valence-electron chi connectivity index (χ2n) is 4.49. The number of fused-ring (bicyclic) bond motifs is 1. The molecule has 0 aliphatic heterocycles. The van der Waals surface area contributed by atoms with E-state index in [1.165, 1.54) is 0 Å². The molecular formula is C14H14ClN3OS. The summed E-state index contributed by atoms with van der Waals surface area (Å²) in [5.74, 6) is 1.22. The topological polar surface area (TPSA) is 38.6 Å². The standard InChI is InChI=1S/C14H14ClN3OS/c1-9-3-4-12(10(15)7-9)19-13-11(8-16-2)18-5-6-20-14(18)17-13/h3-7,16H,8H2,1-2H3. The van der Waals surface area contributed by atoms with Crippen molar-refractivity contribution in [2.24, 2.45) is 0 Å². The second-order valence-corrected chi connectivity index (χ2v) is 5.77. The average molecular weight is 308 g/mol. The summed E-state index contributed by atoms with van der Waals surface area (Å²) < 4.78 is 7.92. The molecule has 0 saturated heterocycles. The first-order chi connectivity index (χ1) is 9.69. The highest BCUT2D eigenvalue weighted by molar-refractivity contribution is 7.15. The number of rotatable bonds is 4. The van der Waals surface area contributed by atoms with Crippen LogP contribution in [-0.2, 0) is 6.54 Å². The Morgan fingerprint density at radius 1 is 1.45 bits per heavy atom. The van der Waals surface area contributed by atoms with Crippen LogP contribution in [0.25, 0.3) is 4.96 Å². The Balaban J connectivity index is 2.01. The number of hydrogen-bond donors (Lipinski definition) is 1. The maximum absolute atomic E-state index is 6.21. The lowest BCUT2D eigenvalue weighted by Gasteiger charge is -2.08. The molecule has 0 bridgehead atoms. The smallest absolute Gasteiger partial charge is 0.243 e. The number of nitrogens with zero attached hydrogens (tertiary/aromatic N) is 2. The monoisotopic (exact) mass is 307 g/mol. The van der Waals surface area contributed by atoms with Gasteiger partial charge in [0, 0.05) is 18.1 Å². The first kappa shape index (κ1) is 13.4. The minimum Gasteiger partial charge on any atom is -0.436 e. The second kappa shape index (κ2) is 5.44. The quantitative estimate of drug-likeness (QED) is 0.795. The summed E-state index contributed by atoms with van der Waals surface area (Å²) in [6, 6.07) is 5.72. The number of aryl methyl sites for hydroxylation is 1. The molecule has 20 heavy (non-hydrogen) atoms. The normalized spacial score (nSPS) is 11.2. The van der Waals surface area contributed by atoms with Gasteiger partial charge in [-0.05, 0) is 31.7 Å². The van der Waals surface area contributed by atoms with E-state index in [0.717, 1.165) is 16.2 Å². The Bertz CT molecular complexity index is 750. The van der Waals surface area contributed by atoms with Crippen LogP contribution in [0.3, 0.4) is 0 Å². The van der Waals surface area contributed by atoms with Gasteiger partial charge in [-0.2, -0.15) is 4.98 Å². The van der Waals surface area contributed by atoms with E-state index in [0.29, 0.717) is 23.2 Å². The van der Waals surface area contributed by atoms with Crippen LogP contribution in [0.15, 0.2) is 29.8 Å². The van der Waals surface area contributed by atoms with Crippen molar-refractivity contribution in [2.75, 3.05) is 7.05 Å². The maximum Gasteiger partial charge on any atom is 0.243 e. The fraction of sp³-hybridized carbons (Fsp3) is 0.214. The van der Waals surface area contributed by atoms with Crippen molar-refractivity contribution in [1.82, 2.24) is 14.7 Å². The van der Waals surface area contributed by atoms with Crippen molar-refractivity contribution in [1.29, 1.82) is 0 Å². The molecule has 0 unspecified atom stereocenters. The minimum absolute atomic E-state index is 0.594. The molecule has 0 aliphatic carbocycles. The van der Waals surface area contributed by atoms with Crippen molar-refractivity contribution in [3.63, 3.8) is 0 Å². The average Bonchev–Trinajstić information content (AvgIpc) is 2.96. The maximum atomic E-state index is 6.21. The van der Waals surface area contributed by atoms with Gasteiger partial charge in [0.1, 0.15) is 11.4 Å². The zero-order valence-electron chi connectivity index (χ0n) is 11.2. The molecule has 1 N–H and O–H groups in total. The van der Waals surface area contributed by atoms with Crippen molar-refractivity contribution < 1.29 is 4.74 Å². The first-order valence-corrected chi connectivity index (χ1v) is 7.48. The molecule has 2 heterocycles. The van der Waals surface area contributed by atoms with Crippen LogP contribution in [0.5, 0.6) is 11.6 Å². The minimum atomic E-state index is 0.594. The Morgan fingerprint density at radius 3 is 3.05 bits per heavy atom. The molecule has 0 aliphatic rings. The van der Waals surface area contributed by atoms with Gasteiger partial charge >= 0.3 is 0 Å². The number of imidazole rings is 1. The van der Waals surface area contributed by atoms with Gasteiger partial charge in [-0.3, -0.25) is 4.40 Å². The Kier molecular flexibility index (Phi) is 3.65. The van der Waals surface area contributed by atoms with Gasteiger partial charge in [0.05, 0.1) is 5.02 Å². The highest BCUT2D eigenvalue weighted by Gasteiger charge is 2.15. The van der Waals surface area contributed by atoms with Crippen molar-refractivity contribution in [2.45, 2.75) is 13.5 Å². The van der Waals surface area contributed by atoms with Gasteiger partial charge in [0.25, 0.3) is 0 Å². The first-order valence-electron chi connectivity index (χ1n) is 6.22. The lowest BCUT2D eigenvalue weighted by Crippen LogP contribution is -2.08. The van der Waals surface area contributed by atoms with Crippen molar-refractivity contribution >= 4 is 27.9 Å². The lowest BCUT2D eigenvalue weighted by molar-refractivity contribution is 0.457. The Hall–Kier alpha value is -1.56. The number of benzene rings is 1. The van der Waals surface area contributed by atoms with Crippen LogP contribution >= 0.6 is 22.9 Å². The molecule has 0 spiro atoms. The molecule has 104 valence electrons. The number of aromatic nitrogens is 2. The lowest BCUT2D eigenvalue weighted by atomic mass is 10.2. The summed E-state index contributed by atoms with van der Waals surface area (Å²) in [6.45, 7) is 2.67. The summed E-state index contributed by atoms with van der Waals surface area (Å²) in [4.78, 5) is 5.42. The van der Waals surface area contributed by atoms with E-state index in [2.05, 4.69) is 10.3 Å². The van der Waals surface area contributed by atoms with E-state index < -0.39 is 0 Å². The van der Waals surface area contributed by atoms with E-state index in [-0.39, 0.29) is 0 Å². The van der Waals surface area contributed by atoms with E-state index in [1.54, 1.807) is 11.3 Å². The Labute approximate surface area is 126 Å². The third-order valence-electron chi connectivity index (χ3n) is 2.96. The number of thiazole rings is 1. The summed E-state index contributed by atoms with van der Waals surface area (Å²) in [6.07, 6.45) is 1.99. The molecule has 1 aromatic carbocycles. The predicted molar refractivity (Wildman–Crippen MR) is 82.1 cm³/mol. The number of nitrogens with one attached hydrogen (secondary N) is 1. The molecule has 0 fully saturated rings. The van der Waals surface area contributed by atoms with Crippen LogP contribution in [-0.4, -0.2) is 16.4 Å². The number of hydrogen-bond acceptors (Lipinski definition) is 4. The summed E-state index contributed by atoms with van der Waals surface area (Å²) in [5, 5.41) is 5.73. The highest BCUT2D eigenvalue weighted by Crippen LogP contribution is 2.32. The SMILES string of the molecule is CNCc1c(Oc2ccc(C)cc2Cl)nc2sccn12. The van der Waals surface area contributed by atoms with Crippen LogP contribution in [0.1, 0.15) is 11.3 Å². The number of ether oxygens (including phenoxy) is 1. The summed E-state index contributed by atoms with van der Waals surface area (Å²) in [7, 11) is 1.90. The predicted octanol–water partition coefficient (Wildman–Crippen LogP) is 3.87. The molecule has 0 saturated carbocycles. The molecule has 0 radical (unpaired) electrons. The van der Waals surface area contributed by atoms with Crippen LogP contribution in [0.4, 0.5) is 0 Å². The fourth-order valence-electron chi connectivity index (χ4n) is 2.02. The molecular weight excluding hydrogens is 294 g/mol. The van der Waals surface area contributed by atoms with E-state index >= 15 is 0 Å². The van der Waals surface area contributed by atoms with Gasteiger partial charge in [-0.25, -0.2) is 0 Å². The highest BCUT2D eigenvalue weighted by atomic mass is 35.5. The van der Waals surface area contributed by atoms with Gasteiger partial charge < -0.3 is 10.1 Å². The molecule has 3 rings (SSSR count). The third kappa shape index (κ3) is 2.40. The molecule has 0 amide bonds. The fourth-order valence-corrected chi connectivity index (χ4v) is 3.01. The molecule has 0 atom stereocenters. The van der Waals surface area contributed by atoms with Crippen LogP contribution < -0.4 is 10.1 Å².